The molecule has 0 aliphatic carbocycles. The second-order valence-electron chi connectivity index (χ2n) is 3.73. The van der Waals surface area contributed by atoms with E-state index in [4.69, 9.17) is 16.3 Å². The fraction of sp³-hybridized carbons (Fsp3) is 0.143. The summed E-state index contributed by atoms with van der Waals surface area (Å²) < 4.78 is 5.64. The van der Waals surface area contributed by atoms with E-state index in [9.17, 15) is 0 Å². The number of aryl methyl sites for hydroxylation is 1. The average molecular weight is 233 g/mol. The molecule has 0 aliphatic rings. The first-order chi connectivity index (χ1) is 7.74. The number of hydrogen-bond acceptors (Lipinski definition) is 1. The van der Waals surface area contributed by atoms with Crippen molar-refractivity contribution in [1.29, 1.82) is 0 Å². The van der Waals surface area contributed by atoms with Crippen LogP contribution in [0.25, 0.3) is 0 Å². The summed E-state index contributed by atoms with van der Waals surface area (Å²) in [6.07, 6.45) is 0. The van der Waals surface area contributed by atoms with Gasteiger partial charge in [0.05, 0.1) is 0 Å². The van der Waals surface area contributed by atoms with Gasteiger partial charge < -0.3 is 4.74 Å². The summed E-state index contributed by atoms with van der Waals surface area (Å²) in [4.78, 5) is 0. The Morgan fingerprint density at radius 3 is 2.50 bits per heavy atom. The van der Waals surface area contributed by atoms with Crippen LogP contribution in [0.15, 0.2) is 48.5 Å². The van der Waals surface area contributed by atoms with E-state index in [0.29, 0.717) is 6.61 Å². The summed E-state index contributed by atoms with van der Waals surface area (Å²) in [7, 11) is 0. The van der Waals surface area contributed by atoms with Gasteiger partial charge in [-0.2, -0.15) is 0 Å². The molecule has 82 valence electrons. The van der Waals surface area contributed by atoms with Gasteiger partial charge in [-0.1, -0.05) is 41.4 Å². The maximum absolute atomic E-state index is 5.79. The van der Waals surface area contributed by atoms with Crippen molar-refractivity contribution in [2.45, 2.75) is 13.5 Å². The molecule has 0 spiro atoms. The Morgan fingerprint density at radius 2 is 1.81 bits per heavy atom. The van der Waals surface area contributed by atoms with Gasteiger partial charge >= 0.3 is 0 Å². The smallest absolute Gasteiger partial charge is 0.119 e. The van der Waals surface area contributed by atoms with Crippen molar-refractivity contribution < 1.29 is 4.74 Å². The first-order valence-electron chi connectivity index (χ1n) is 5.18. The molecule has 2 aromatic carbocycles. The van der Waals surface area contributed by atoms with Gasteiger partial charge in [0.25, 0.3) is 0 Å². The molecule has 0 heterocycles. The van der Waals surface area contributed by atoms with Crippen LogP contribution >= 0.6 is 11.6 Å². The summed E-state index contributed by atoms with van der Waals surface area (Å²) in [5, 5.41) is 0.725. The molecule has 0 amide bonds. The summed E-state index contributed by atoms with van der Waals surface area (Å²) in [5.41, 5.74) is 2.42. The lowest BCUT2D eigenvalue weighted by Crippen LogP contribution is -1.95. The fourth-order valence-electron chi connectivity index (χ4n) is 1.50. The molecule has 0 saturated heterocycles. The Morgan fingerprint density at radius 1 is 1.06 bits per heavy atom. The van der Waals surface area contributed by atoms with Crippen LogP contribution in [0.1, 0.15) is 11.1 Å². The quantitative estimate of drug-likeness (QED) is 0.770. The third-order valence-electron chi connectivity index (χ3n) is 2.30. The molecule has 2 rings (SSSR count). The van der Waals surface area contributed by atoms with Crippen LogP contribution in [-0.2, 0) is 6.61 Å². The largest absolute Gasteiger partial charge is 0.489 e. The normalized spacial score (nSPS) is 10.1. The van der Waals surface area contributed by atoms with E-state index in [1.165, 1.54) is 11.1 Å². The van der Waals surface area contributed by atoms with Gasteiger partial charge in [0, 0.05) is 5.02 Å². The summed E-state index contributed by atoms with van der Waals surface area (Å²) in [6.45, 7) is 2.66. The molecular formula is C14H13ClO. The van der Waals surface area contributed by atoms with Crippen LogP contribution in [0.2, 0.25) is 5.02 Å². The first kappa shape index (κ1) is 11.0. The lowest BCUT2D eigenvalue weighted by molar-refractivity contribution is 0.306. The molecule has 0 fully saturated rings. The lowest BCUT2D eigenvalue weighted by atomic mass is 10.1. The molecule has 0 atom stereocenters. The molecule has 0 bridgehead atoms. The predicted octanol–water partition coefficient (Wildman–Crippen LogP) is 4.23. The highest BCUT2D eigenvalue weighted by molar-refractivity contribution is 6.30. The molecule has 0 radical (unpaired) electrons. The van der Waals surface area contributed by atoms with Crippen LogP contribution < -0.4 is 4.74 Å². The standard InChI is InChI=1S/C14H13ClO/c1-11-3-2-4-12(9-11)10-16-14-7-5-13(15)6-8-14/h2-9H,10H2,1H3. The molecular weight excluding hydrogens is 220 g/mol. The zero-order chi connectivity index (χ0) is 11.4. The Bertz CT molecular complexity index is 462. The van der Waals surface area contributed by atoms with Gasteiger partial charge in [-0.3, -0.25) is 0 Å². The van der Waals surface area contributed by atoms with Gasteiger partial charge in [0.2, 0.25) is 0 Å². The van der Waals surface area contributed by atoms with Crippen molar-refractivity contribution in [1.82, 2.24) is 0 Å². The number of ether oxygens (including phenoxy) is 1. The number of benzene rings is 2. The third-order valence-corrected chi connectivity index (χ3v) is 2.55. The highest BCUT2D eigenvalue weighted by atomic mass is 35.5. The molecule has 0 aliphatic heterocycles. The van der Waals surface area contributed by atoms with Gasteiger partial charge in [-0.15, -0.1) is 0 Å². The Balaban J connectivity index is 1.99. The summed E-state index contributed by atoms with van der Waals surface area (Å²) in [5.74, 6) is 0.839. The number of halogens is 1. The summed E-state index contributed by atoms with van der Waals surface area (Å²) in [6, 6.07) is 15.7. The van der Waals surface area contributed by atoms with Crippen molar-refractivity contribution in [2.24, 2.45) is 0 Å². The van der Waals surface area contributed by atoms with Gasteiger partial charge in [-0.05, 0) is 36.8 Å². The van der Waals surface area contributed by atoms with E-state index in [-0.39, 0.29) is 0 Å². The predicted molar refractivity (Wildman–Crippen MR) is 67.0 cm³/mol. The second kappa shape index (κ2) is 5.04. The zero-order valence-electron chi connectivity index (χ0n) is 9.11. The van der Waals surface area contributed by atoms with Crippen LogP contribution in [0.5, 0.6) is 5.75 Å². The van der Waals surface area contributed by atoms with Crippen LogP contribution in [-0.4, -0.2) is 0 Å². The third kappa shape index (κ3) is 3.01. The SMILES string of the molecule is Cc1cccc(COc2ccc(Cl)cc2)c1. The minimum absolute atomic E-state index is 0.587. The number of rotatable bonds is 3. The maximum Gasteiger partial charge on any atom is 0.119 e. The highest BCUT2D eigenvalue weighted by Crippen LogP contribution is 2.17. The van der Waals surface area contributed by atoms with Crippen molar-refractivity contribution >= 4 is 11.6 Å². The average Bonchev–Trinajstić information content (AvgIpc) is 2.28. The lowest BCUT2D eigenvalue weighted by Gasteiger charge is -2.06. The zero-order valence-corrected chi connectivity index (χ0v) is 9.87. The first-order valence-corrected chi connectivity index (χ1v) is 5.56. The minimum Gasteiger partial charge on any atom is -0.489 e. The molecule has 2 heteroatoms. The summed E-state index contributed by atoms with van der Waals surface area (Å²) >= 11 is 5.79. The molecule has 0 unspecified atom stereocenters. The molecule has 0 N–H and O–H groups in total. The van der Waals surface area contributed by atoms with Crippen molar-refractivity contribution in [2.75, 3.05) is 0 Å². The van der Waals surface area contributed by atoms with Crippen LogP contribution in [0.4, 0.5) is 0 Å². The van der Waals surface area contributed by atoms with Crippen LogP contribution in [0, 0.1) is 6.92 Å². The van der Waals surface area contributed by atoms with Gasteiger partial charge in [0.1, 0.15) is 12.4 Å². The van der Waals surface area contributed by atoms with E-state index >= 15 is 0 Å². The van der Waals surface area contributed by atoms with Crippen LogP contribution in [0.3, 0.4) is 0 Å². The van der Waals surface area contributed by atoms with Crippen molar-refractivity contribution in [3.63, 3.8) is 0 Å². The maximum atomic E-state index is 5.79. The molecule has 0 aromatic heterocycles. The molecule has 0 saturated carbocycles. The highest BCUT2D eigenvalue weighted by Gasteiger charge is 1.96. The van der Waals surface area contributed by atoms with Crippen molar-refractivity contribution in [3.8, 4) is 5.75 Å². The molecule has 2 aromatic rings. The van der Waals surface area contributed by atoms with Crippen molar-refractivity contribution in [3.05, 3.63) is 64.7 Å². The molecule has 1 nitrogen and oxygen atoms in total. The number of hydrogen-bond donors (Lipinski definition) is 0. The van der Waals surface area contributed by atoms with Gasteiger partial charge in [0.15, 0.2) is 0 Å². The monoisotopic (exact) mass is 232 g/mol. The van der Waals surface area contributed by atoms with E-state index in [2.05, 4.69) is 25.1 Å². The fourth-order valence-corrected chi connectivity index (χ4v) is 1.63. The topological polar surface area (TPSA) is 9.23 Å². The molecule has 16 heavy (non-hydrogen) atoms. The minimum atomic E-state index is 0.587. The van der Waals surface area contributed by atoms with E-state index < -0.39 is 0 Å². The van der Waals surface area contributed by atoms with Gasteiger partial charge in [-0.25, -0.2) is 0 Å². The Kier molecular flexibility index (Phi) is 3.47. The van der Waals surface area contributed by atoms with E-state index in [0.717, 1.165) is 10.8 Å². The van der Waals surface area contributed by atoms with E-state index in [1.54, 1.807) is 0 Å². The Hall–Kier alpha value is -1.47. The Labute approximate surface area is 101 Å². The second-order valence-corrected chi connectivity index (χ2v) is 4.17. The van der Waals surface area contributed by atoms with E-state index in [1.807, 2.05) is 30.3 Å².